The van der Waals surface area contributed by atoms with E-state index < -0.39 is 10.0 Å². The summed E-state index contributed by atoms with van der Waals surface area (Å²) in [5.41, 5.74) is 3.16. The van der Waals surface area contributed by atoms with Crippen LogP contribution in [-0.2, 0) is 28.7 Å². The van der Waals surface area contributed by atoms with Crippen LogP contribution < -0.4 is 5.32 Å². The lowest BCUT2D eigenvalue weighted by Crippen LogP contribution is -2.39. The van der Waals surface area contributed by atoms with E-state index in [2.05, 4.69) is 10.3 Å². The van der Waals surface area contributed by atoms with E-state index in [1.165, 1.54) is 5.56 Å². The summed E-state index contributed by atoms with van der Waals surface area (Å²) in [5.74, 6) is 1.20. The first-order valence-electron chi connectivity index (χ1n) is 9.19. The third-order valence-corrected chi connectivity index (χ3v) is 7.08. The Kier molecular flexibility index (Phi) is 5.02. The first-order chi connectivity index (χ1) is 12.6. The summed E-state index contributed by atoms with van der Waals surface area (Å²) in [6, 6.07) is 9.37. The van der Waals surface area contributed by atoms with E-state index in [1.807, 2.05) is 36.5 Å². The predicted molar refractivity (Wildman–Crippen MR) is 100 cm³/mol. The van der Waals surface area contributed by atoms with E-state index in [1.54, 1.807) is 4.31 Å². The summed E-state index contributed by atoms with van der Waals surface area (Å²) in [7, 11) is -3.27. The van der Waals surface area contributed by atoms with Crippen LogP contribution in [0.25, 0.3) is 0 Å². The molecule has 0 aliphatic carbocycles. The minimum Gasteiger partial charge on any atom is -0.312 e. The third-order valence-electron chi connectivity index (χ3n) is 5.23. The molecule has 138 valence electrons. The van der Waals surface area contributed by atoms with Gasteiger partial charge in [-0.05, 0) is 18.4 Å². The van der Waals surface area contributed by atoms with Crippen LogP contribution in [0.4, 0.5) is 0 Å². The van der Waals surface area contributed by atoms with Crippen LogP contribution in [-0.4, -0.2) is 42.3 Å². The summed E-state index contributed by atoms with van der Waals surface area (Å²) in [4.78, 5) is 9.32. The van der Waals surface area contributed by atoms with Gasteiger partial charge in [-0.1, -0.05) is 30.3 Å². The molecule has 0 amide bonds. The van der Waals surface area contributed by atoms with Crippen molar-refractivity contribution in [2.45, 2.75) is 37.5 Å². The van der Waals surface area contributed by atoms with Gasteiger partial charge >= 0.3 is 0 Å². The molecule has 1 aromatic heterocycles. The van der Waals surface area contributed by atoms with E-state index in [-0.39, 0.29) is 11.7 Å². The third kappa shape index (κ3) is 3.79. The zero-order chi connectivity index (χ0) is 18.0. The van der Waals surface area contributed by atoms with Crippen molar-refractivity contribution in [1.29, 1.82) is 0 Å². The second kappa shape index (κ2) is 7.42. The van der Waals surface area contributed by atoms with Crippen LogP contribution in [0.2, 0.25) is 0 Å². The molecule has 0 bridgehead atoms. The van der Waals surface area contributed by atoms with Crippen LogP contribution in [0.15, 0.2) is 36.5 Å². The molecule has 0 radical (unpaired) electrons. The SMILES string of the molecule is O=S(=O)(Cc1ccccc1)N1CCC(c2ncc3c(n2)CCNC3)CC1. The number of nitrogens with one attached hydrogen (secondary N) is 1. The van der Waals surface area contributed by atoms with Gasteiger partial charge in [0.05, 0.1) is 5.75 Å². The largest absolute Gasteiger partial charge is 0.312 e. The van der Waals surface area contributed by atoms with Crippen molar-refractivity contribution in [2.24, 2.45) is 0 Å². The van der Waals surface area contributed by atoms with Crippen LogP contribution in [0.3, 0.4) is 0 Å². The lowest BCUT2D eigenvalue weighted by Gasteiger charge is -2.31. The molecule has 1 aromatic carbocycles. The molecule has 2 aliphatic heterocycles. The quantitative estimate of drug-likeness (QED) is 0.886. The second-order valence-electron chi connectivity index (χ2n) is 7.04. The number of hydrogen-bond acceptors (Lipinski definition) is 5. The van der Waals surface area contributed by atoms with Crippen molar-refractivity contribution in [3.63, 3.8) is 0 Å². The van der Waals surface area contributed by atoms with Gasteiger partial charge in [-0.15, -0.1) is 0 Å². The Hall–Kier alpha value is -1.83. The molecule has 1 fully saturated rings. The lowest BCUT2D eigenvalue weighted by molar-refractivity contribution is 0.312. The Balaban J connectivity index is 1.41. The monoisotopic (exact) mass is 372 g/mol. The van der Waals surface area contributed by atoms with E-state index in [9.17, 15) is 8.42 Å². The average molecular weight is 372 g/mol. The molecular formula is C19H24N4O2S. The van der Waals surface area contributed by atoms with Gasteiger partial charge in [0, 0.05) is 56.0 Å². The first kappa shape index (κ1) is 17.6. The summed E-state index contributed by atoms with van der Waals surface area (Å²) < 4.78 is 27.0. The topological polar surface area (TPSA) is 75.2 Å². The number of hydrogen-bond donors (Lipinski definition) is 1. The van der Waals surface area contributed by atoms with Crippen LogP contribution in [0, 0.1) is 0 Å². The molecule has 7 heteroatoms. The fraction of sp³-hybridized carbons (Fsp3) is 0.474. The van der Waals surface area contributed by atoms with Gasteiger partial charge in [0.15, 0.2) is 0 Å². The maximum Gasteiger partial charge on any atom is 0.218 e. The van der Waals surface area contributed by atoms with Gasteiger partial charge in [-0.3, -0.25) is 0 Å². The van der Waals surface area contributed by atoms with E-state index in [4.69, 9.17) is 4.98 Å². The van der Waals surface area contributed by atoms with E-state index >= 15 is 0 Å². The highest BCUT2D eigenvalue weighted by Gasteiger charge is 2.30. The minimum atomic E-state index is -3.27. The van der Waals surface area contributed by atoms with Crippen LogP contribution in [0.5, 0.6) is 0 Å². The van der Waals surface area contributed by atoms with Gasteiger partial charge in [0.25, 0.3) is 0 Å². The second-order valence-corrected chi connectivity index (χ2v) is 9.01. The Bertz CT molecular complexity index is 862. The van der Waals surface area contributed by atoms with Gasteiger partial charge in [-0.2, -0.15) is 0 Å². The molecule has 0 saturated carbocycles. The molecule has 0 atom stereocenters. The van der Waals surface area contributed by atoms with Crippen molar-refractivity contribution in [3.8, 4) is 0 Å². The minimum absolute atomic E-state index is 0.0703. The first-order valence-corrected chi connectivity index (χ1v) is 10.8. The van der Waals surface area contributed by atoms with Crippen LogP contribution >= 0.6 is 0 Å². The summed E-state index contributed by atoms with van der Waals surface area (Å²) in [5, 5.41) is 3.33. The highest BCUT2D eigenvalue weighted by atomic mass is 32.2. The standard InChI is InChI=1S/C19H24N4O2S/c24-26(25,14-15-4-2-1-3-5-15)23-10-7-16(8-11-23)19-21-13-17-12-20-9-6-18(17)22-19/h1-5,13,16,20H,6-12,14H2. The van der Waals surface area contributed by atoms with E-state index in [0.717, 1.165) is 49.4 Å². The summed E-state index contributed by atoms with van der Waals surface area (Å²) >= 11 is 0. The van der Waals surface area contributed by atoms with Crippen molar-refractivity contribution >= 4 is 10.0 Å². The zero-order valence-electron chi connectivity index (χ0n) is 14.8. The number of benzene rings is 1. The maximum atomic E-state index is 12.7. The molecule has 2 aromatic rings. The molecule has 2 aliphatic rings. The number of rotatable bonds is 4. The van der Waals surface area contributed by atoms with Gasteiger partial charge in [0.2, 0.25) is 10.0 Å². The van der Waals surface area contributed by atoms with Gasteiger partial charge in [-0.25, -0.2) is 22.7 Å². The number of nitrogens with zero attached hydrogens (tertiary/aromatic N) is 3. The Morgan fingerprint density at radius 3 is 2.69 bits per heavy atom. The number of piperidine rings is 1. The molecule has 0 spiro atoms. The smallest absolute Gasteiger partial charge is 0.218 e. The maximum absolute atomic E-state index is 12.7. The lowest BCUT2D eigenvalue weighted by atomic mass is 9.96. The van der Waals surface area contributed by atoms with E-state index in [0.29, 0.717) is 13.1 Å². The summed E-state index contributed by atoms with van der Waals surface area (Å²) in [6.45, 7) is 2.88. The average Bonchev–Trinajstić information content (AvgIpc) is 2.68. The number of sulfonamides is 1. The molecule has 1 N–H and O–H groups in total. The zero-order valence-corrected chi connectivity index (χ0v) is 15.6. The molecule has 3 heterocycles. The Labute approximate surface area is 154 Å². The van der Waals surface area contributed by atoms with Crippen LogP contribution in [0.1, 0.15) is 41.4 Å². The van der Waals surface area contributed by atoms with Gasteiger partial charge < -0.3 is 5.32 Å². The fourth-order valence-corrected chi connectivity index (χ4v) is 5.28. The fourth-order valence-electron chi connectivity index (χ4n) is 3.72. The van der Waals surface area contributed by atoms with Crippen molar-refractivity contribution < 1.29 is 8.42 Å². The highest BCUT2D eigenvalue weighted by molar-refractivity contribution is 7.88. The van der Waals surface area contributed by atoms with Crippen molar-refractivity contribution in [2.75, 3.05) is 19.6 Å². The highest BCUT2D eigenvalue weighted by Crippen LogP contribution is 2.28. The molecule has 26 heavy (non-hydrogen) atoms. The van der Waals surface area contributed by atoms with Crippen molar-refractivity contribution in [3.05, 3.63) is 59.2 Å². The molecule has 0 unspecified atom stereocenters. The molecular weight excluding hydrogens is 348 g/mol. The van der Waals surface area contributed by atoms with Crippen molar-refractivity contribution in [1.82, 2.24) is 19.6 Å². The van der Waals surface area contributed by atoms with Gasteiger partial charge in [0.1, 0.15) is 5.82 Å². The predicted octanol–water partition coefficient (Wildman–Crippen LogP) is 1.83. The molecule has 1 saturated heterocycles. The Morgan fingerprint density at radius 2 is 1.92 bits per heavy atom. The normalized spacial score (nSPS) is 19.2. The Morgan fingerprint density at radius 1 is 1.15 bits per heavy atom. The molecule has 4 rings (SSSR count). The number of aromatic nitrogens is 2. The number of fused-ring (bicyclic) bond motifs is 1. The summed E-state index contributed by atoms with van der Waals surface area (Å²) in [6.07, 6.45) is 4.44. The molecule has 6 nitrogen and oxygen atoms in total.